The van der Waals surface area contributed by atoms with Crippen molar-refractivity contribution in [2.24, 2.45) is 5.92 Å². The van der Waals surface area contributed by atoms with Crippen molar-refractivity contribution in [3.63, 3.8) is 0 Å². The molecule has 0 radical (unpaired) electrons. The predicted octanol–water partition coefficient (Wildman–Crippen LogP) is 6.26. The zero-order chi connectivity index (χ0) is 25.2. The number of anilines is 1. The molecule has 5 rings (SSSR count). The van der Waals surface area contributed by atoms with E-state index in [1.54, 1.807) is 21.9 Å². The summed E-state index contributed by atoms with van der Waals surface area (Å²) < 4.78 is 15.9. The number of para-hydroxylation sites is 2. The van der Waals surface area contributed by atoms with Crippen molar-refractivity contribution >= 4 is 17.5 Å². The fourth-order valence-electron chi connectivity index (χ4n) is 5.77. The van der Waals surface area contributed by atoms with Crippen LogP contribution in [0.5, 0.6) is 0 Å². The number of hydrogen-bond donors (Lipinski definition) is 0. The number of rotatable bonds is 7. The molecule has 0 bridgehead atoms. The molecule has 5 nitrogen and oxygen atoms in total. The van der Waals surface area contributed by atoms with Crippen LogP contribution in [0.15, 0.2) is 66.9 Å². The number of carbonyl (C=O) groups is 2. The lowest BCUT2D eigenvalue weighted by Crippen LogP contribution is -2.48. The van der Waals surface area contributed by atoms with Crippen molar-refractivity contribution in [1.82, 2.24) is 9.47 Å². The summed E-state index contributed by atoms with van der Waals surface area (Å²) in [6.07, 6.45) is 8.29. The summed E-state index contributed by atoms with van der Waals surface area (Å²) in [4.78, 5) is 30.8. The highest BCUT2D eigenvalue weighted by Crippen LogP contribution is 2.42. The van der Waals surface area contributed by atoms with Crippen LogP contribution in [-0.4, -0.2) is 33.9 Å². The predicted molar refractivity (Wildman–Crippen MR) is 140 cm³/mol. The number of amides is 2. The largest absolute Gasteiger partial charge is 0.331 e. The summed E-state index contributed by atoms with van der Waals surface area (Å²) in [7, 11) is 0. The van der Waals surface area contributed by atoms with Crippen molar-refractivity contribution in [2.75, 3.05) is 11.4 Å². The van der Waals surface area contributed by atoms with Gasteiger partial charge >= 0.3 is 0 Å². The van der Waals surface area contributed by atoms with Crippen molar-refractivity contribution in [3.05, 3.63) is 83.9 Å². The van der Waals surface area contributed by atoms with Gasteiger partial charge in [0.2, 0.25) is 11.8 Å². The van der Waals surface area contributed by atoms with E-state index in [1.807, 2.05) is 56.4 Å². The van der Waals surface area contributed by atoms with E-state index in [0.29, 0.717) is 12.3 Å². The maximum absolute atomic E-state index is 14.1. The Morgan fingerprint density at radius 3 is 2.36 bits per heavy atom. The van der Waals surface area contributed by atoms with Gasteiger partial charge in [0.1, 0.15) is 18.4 Å². The Morgan fingerprint density at radius 2 is 1.67 bits per heavy atom. The van der Waals surface area contributed by atoms with Crippen LogP contribution in [0.3, 0.4) is 0 Å². The van der Waals surface area contributed by atoms with Gasteiger partial charge in [0.05, 0.1) is 17.1 Å². The second kappa shape index (κ2) is 10.3. The number of carbonyl (C=O) groups excluding carboxylic acids is 2. The van der Waals surface area contributed by atoms with E-state index in [1.165, 1.54) is 37.8 Å². The molecule has 2 heterocycles. The molecule has 2 amide bonds. The highest BCUT2D eigenvalue weighted by Gasteiger charge is 2.37. The first kappa shape index (κ1) is 24.3. The molecule has 3 aromatic rings. The Kier molecular flexibility index (Phi) is 6.95. The van der Waals surface area contributed by atoms with Crippen LogP contribution in [0.1, 0.15) is 69.7 Å². The fourth-order valence-corrected chi connectivity index (χ4v) is 5.77. The van der Waals surface area contributed by atoms with Gasteiger partial charge in [0, 0.05) is 18.7 Å². The van der Waals surface area contributed by atoms with Gasteiger partial charge in [-0.1, -0.05) is 49.9 Å². The number of aromatic nitrogens is 1. The molecule has 1 aliphatic heterocycles. The van der Waals surface area contributed by atoms with Gasteiger partial charge in [-0.05, 0) is 68.1 Å². The van der Waals surface area contributed by atoms with E-state index in [4.69, 9.17) is 0 Å². The molecular weight excluding hydrogens is 453 g/mol. The minimum absolute atomic E-state index is 0.00784. The molecule has 1 unspecified atom stereocenters. The van der Waals surface area contributed by atoms with Crippen LogP contribution in [0.4, 0.5) is 10.1 Å². The number of halogens is 1. The zero-order valence-corrected chi connectivity index (χ0v) is 21.1. The van der Waals surface area contributed by atoms with Crippen molar-refractivity contribution in [3.8, 4) is 5.69 Å². The molecule has 36 heavy (non-hydrogen) atoms. The van der Waals surface area contributed by atoms with Crippen LogP contribution in [-0.2, 0) is 9.59 Å². The third-order valence-electron chi connectivity index (χ3n) is 7.66. The molecule has 2 aromatic carbocycles. The van der Waals surface area contributed by atoms with Gasteiger partial charge in [-0.3, -0.25) is 14.5 Å². The van der Waals surface area contributed by atoms with Crippen LogP contribution in [0.2, 0.25) is 0 Å². The fraction of sp³-hybridized carbons (Fsp3) is 0.400. The van der Waals surface area contributed by atoms with E-state index in [9.17, 15) is 14.0 Å². The summed E-state index contributed by atoms with van der Waals surface area (Å²) in [5.41, 5.74) is 3.44. The minimum Gasteiger partial charge on any atom is -0.331 e. The molecule has 6 heteroatoms. The molecule has 1 aromatic heterocycles. The van der Waals surface area contributed by atoms with Crippen molar-refractivity contribution in [1.29, 1.82) is 0 Å². The zero-order valence-electron chi connectivity index (χ0n) is 21.1. The lowest BCUT2D eigenvalue weighted by atomic mass is 9.97. The highest BCUT2D eigenvalue weighted by atomic mass is 19.1. The summed E-state index contributed by atoms with van der Waals surface area (Å²) in [6.45, 7) is 3.94. The lowest BCUT2D eigenvalue weighted by molar-refractivity contribution is -0.137. The Hall–Kier alpha value is -3.41. The molecule has 1 atom stereocenters. The highest BCUT2D eigenvalue weighted by molar-refractivity contribution is 6.00. The molecule has 1 fully saturated rings. The maximum Gasteiger partial charge on any atom is 0.247 e. The van der Waals surface area contributed by atoms with Gasteiger partial charge in [-0.25, -0.2) is 4.39 Å². The van der Waals surface area contributed by atoms with E-state index < -0.39 is 6.04 Å². The molecule has 2 aliphatic rings. The Morgan fingerprint density at radius 1 is 0.972 bits per heavy atom. The summed E-state index contributed by atoms with van der Waals surface area (Å²) in [5, 5.41) is 0. The first-order valence-electron chi connectivity index (χ1n) is 13.1. The van der Waals surface area contributed by atoms with Crippen LogP contribution < -0.4 is 4.90 Å². The van der Waals surface area contributed by atoms with Crippen LogP contribution >= 0.6 is 0 Å². The van der Waals surface area contributed by atoms with Gasteiger partial charge in [-0.2, -0.15) is 0 Å². The topological polar surface area (TPSA) is 45.6 Å². The Bertz CT molecular complexity index is 1230. The van der Waals surface area contributed by atoms with Crippen LogP contribution in [0.25, 0.3) is 5.69 Å². The number of hydrogen-bond acceptors (Lipinski definition) is 2. The average molecular weight is 488 g/mol. The third-order valence-corrected chi connectivity index (χ3v) is 7.66. The Balaban J connectivity index is 1.47. The molecule has 0 N–H and O–H groups in total. The maximum atomic E-state index is 14.1. The van der Waals surface area contributed by atoms with Crippen molar-refractivity contribution in [2.45, 2.75) is 64.5 Å². The summed E-state index contributed by atoms with van der Waals surface area (Å²) in [5.74, 6) is 0.203. The first-order chi connectivity index (χ1) is 17.4. The quantitative estimate of drug-likeness (QED) is 0.395. The van der Waals surface area contributed by atoms with Gasteiger partial charge in [0.25, 0.3) is 0 Å². The van der Waals surface area contributed by atoms with Gasteiger partial charge in [-0.15, -0.1) is 0 Å². The summed E-state index contributed by atoms with van der Waals surface area (Å²) in [6, 6.07) is 17.6. The second-order valence-corrected chi connectivity index (χ2v) is 10.3. The molecule has 1 aliphatic carbocycles. The molecular formula is C30H34FN3O2. The molecule has 188 valence electrons. The Labute approximate surface area is 212 Å². The minimum atomic E-state index is -0.425. The van der Waals surface area contributed by atoms with Crippen molar-refractivity contribution < 1.29 is 14.0 Å². The molecule has 0 saturated heterocycles. The van der Waals surface area contributed by atoms with Gasteiger partial charge in [0.15, 0.2) is 0 Å². The SMILES string of the molecule is CC(C)N(CC(=O)N1c2ccccc2-n2cccc2C1c1ccc(F)cc1)C(=O)CCC1CCCC1. The van der Waals surface area contributed by atoms with Gasteiger partial charge < -0.3 is 9.47 Å². The van der Waals surface area contributed by atoms with E-state index in [2.05, 4.69) is 4.57 Å². The molecule has 0 spiro atoms. The third kappa shape index (κ3) is 4.69. The normalized spacial score (nSPS) is 17.2. The standard InChI is InChI=1S/C30H34FN3O2/c1-21(2)33(28(35)18-13-22-8-3-4-9-22)20-29(36)34-26-11-6-5-10-25(26)32-19-7-12-27(32)30(34)23-14-16-24(31)17-15-23/h5-7,10-12,14-17,19,21-22,30H,3-4,8-9,13,18,20H2,1-2H3. The monoisotopic (exact) mass is 487 g/mol. The second-order valence-electron chi connectivity index (χ2n) is 10.3. The first-order valence-corrected chi connectivity index (χ1v) is 13.1. The average Bonchev–Trinajstić information content (AvgIpc) is 3.58. The van der Waals surface area contributed by atoms with E-state index >= 15 is 0 Å². The number of nitrogens with zero attached hydrogens (tertiary/aromatic N) is 3. The summed E-state index contributed by atoms with van der Waals surface area (Å²) >= 11 is 0. The van der Waals surface area contributed by atoms with Crippen LogP contribution in [0, 0.1) is 11.7 Å². The number of benzene rings is 2. The lowest BCUT2D eigenvalue weighted by Gasteiger charge is -2.40. The molecule has 1 saturated carbocycles. The smallest absolute Gasteiger partial charge is 0.247 e. The van der Waals surface area contributed by atoms with E-state index in [-0.39, 0.29) is 30.2 Å². The number of fused-ring (bicyclic) bond motifs is 3. The van der Waals surface area contributed by atoms with E-state index in [0.717, 1.165) is 29.1 Å².